The molecule has 0 aromatic rings. The average molecular weight is 308 g/mol. The van der Waals surface area contributed by atoms with Crippen molar-refractivity contribution in [3.05, 3.63) is 0 Å². The maximum Gasteiger partial charge on any atom is 0.235 e. The van der Waals surface area contributed by atoms with Gasteiger partial charge in [-0.3, -0.25) is 14.6 Å². The van der Waals surface area contributed by atoms with Crippen molar-refractivity contribution >= 4 is 5.91 Å². The van der Waals surface area contributed by atoms with Gasteiger partial charge in [-0.2, -0.15) is 5.26 Å². The second kappa shape index (κ2) is 7.40. The SMILES string of the molecule is COCCN1CCN(CC(=O)N[C@@](C)(C#N)C2CC2)C[C@@H]1C. The van der Waals surface area contributed by atoms with Gasteiger partial charge in [-0.05, 0) is 32.6 Å². The van der Waals surface area contributed by atoms with E-state index in [0.29, 0.717) is 18.5 Å². The minimum Gasteiger partial charge on any atom is -0.383 e. The Balaban J connectivity index is 1.77. The number of carbonyl (C=O) groups excluding carboxylic acids is 1. The van der Waals surface area contributed by atoms with Gasteiger partial charge in [0.05, 0.1) is 19.2 Å². The molecule has 0 unspecified atom stereocenters. The first-order valence-corrected chi connectivity index (χ1v) is 8.16. The van der Waals surface area contributed by atoms with Crippen LogP contribution < -0.4 is 5.32 Å². The summed E-state index contributed by atoms with van der Waals surface area (Å²) in [6, 6.07) is 2.69. The van der Waals surface area contributed by atoms with E-state index in [1.54, 1.807) is 7.11 Å². The van der Waals surface area contributed by atoms with Crippen LogP contribution in [-0.4, -0.2) is 73.7 Å². The van der Waals surface area contributed by atoms with Crippen molar-refractivity contribution in [3.8, 4) is 6.07 Å². The predicted octanol–water partition coefficient (Wildman–Crippen LogP) is 0.447. The van der Waals surface area contributed by atoms with Crippen LogP contribution in [0, 0.1) is 17.2 Å². The van der Waals surface area contributed by atoms with E-state index in [2.05, 4.69) is 28.1 Å². The molecular formula is C16H28N4O2. The highest BCUT2D eigenvalue weighted by Crippen LogP contribution is 2.39. The lowest BCUT2D eigenvalue weighted by Crippen LogP contribution is -2.56. The van der Waals surface area contributed by atoms with Crippen LogP contribution in [-0.2, 0) is 9.53 Å². The van der Waals surface area contributed by atoms with Crippen molar-refractivity contribution in [1.82, 2.24) is 15.1 Å². The first kappa shape index (κ1) is 17.2. The number of piperazine rings is 1. The lowest BCUT2D eigenvalue weighted by Gasteiger charge is -2.39. The van der Waals surface area contributed by atoms with Crippen LogP contribution in [0.15, 0.2) is 0 Å². The topological polar surface area (TPSA) is 68.6 Å². The maximum atomic E-state index is 12.2. The molecular weight excluding hydrogens is 280 g/mol. The third-order valence-corrected chi connectivity index (χ3v) is 4.82. The van der Waals surface area contributed by atoms with E-state index in [9.17, 15) is 10.1 Å². The largest absolute Gasteiger partial charge is 0.383 e. The van der Waals surface area contributed by atoms with E-state index in [-0.39, 0.29) is 5.91 Å². The van der Waals surface area contributed by atoms with Gasteiger partial charge >= 0.3 is 0 Å². The first-order chi connectivity index (χ1) is 10.5. The molecule has 0 aromatic heterocycles. The fourth-order valence-corrected chi connectivity index (χ4v) is 3.17. The summed E-state index contributed by atoms with van der Waals surface area (Å²) in [5, 5.41) is 12.3. The van der Waals surface area contributed by atoms with E-state index < -0.39 is 5.54 Å². The minimum absolute atomic E-state index is 0.0338. The highest BCUT2D eigenvalue weighted by atomic mass is 16.5. The van der Waals surface area contributed by atoms with E-state index in [1.807, 2.05) is 6.92 Å². The number of hydrogen-bond acceptors (Lipinski definition) is 5. The number of amides is 1. The number of ether oxygens (including phenoxy) is 1. The standard InChI is InChI=1S/C16H28N4O2/c1-13-10-19(6-7-20(13)8-9-22-3)11-15(21)18-16(2,12-17)14-4-5-14/h13-14H,4-11H2,1-3H3,(H,18,21)/t13-,16-/m0/s1. The van der Waals surface area contributed by atoms with Crippen molar-refractivity contribution in [3.63, 3.8) is 0 Å². The quantitative estimate of drug-likeness (QED) is 0.739. The van der Waals surface area contributed by atoms with Crippen LogP contribution in [0.5, 0.6) is 0 Å². The second-order valence-electron chi connectivity index (χ2n) is 6.75. The van der Waals surface area contributed by atoms with Gasteiger partial charge in [-0.1, -0.05) is 0 Å². The van der Waals surface area contributed by atoms with Gasteiger partial charge in [0, 0.05) is 39.3 Å². The van der Waals surface area contributed by atoms with Gasteiger partial charge in [0.2, 0.25) is 5.91 Å². The average Bonchev–Trinajstić information content (AvgIpc) is 3.31. The molecule has 1 saturated heterocycles. The van der Waals surface area contributed by atoms with Gasteiger partial charge in [-0.25, -0.2) is 0 Å². The van der Waals surface area contributed by atoms with Crippen LogP contribution >= 0.6 is 0 Å². The number of nitrogens with one attached hydrogen (secondary N) is 1. The van der Waals surface area contributed by atoms with Gasteiger partial charge in [0.15, 0.2) is 0 Å². The molecule has 6 heteroatoms. The van der Waals surface area contributed by atoms with Crippen LogP contribution in [0.4, 0.5) is 0 Å². The molecule has 2 fully saturated rings. The fraction of sp³-hybridized carbons (Fsp3) is 0.875. The van der Waals surface area contributed by atoms with Crippen molar-refractivity contribution in [2.24, 2.45) is 5.92 Å². The molecule has 0 spiro atoms. The summed E-state index contributed by atoms with van der Waals surface area (Å²) in [6.45, 7) is 8.80. The third-order valence-electron chi connectivity index (χ3n) is 4.82. The van der Waals surface area contributed by atoms with Crippen molar-refractivity contribution in [1.29, 1.82) is 5.26 Å². The van der Waals surface area contributed by atoms with E-state index in [4.69, 9.17) is 4.74 Å². The molecule has 2 aliphatic rings. The third kappa shape index (κ3) is 4.42. The summed E-state index contributed by atoms with van der Waals surface area (Å²) in [7, 11) is 1.72. The summed E-state index contributed by atoms with van der Waals surface area (Å²) in [4.78, 5) is 16.8. The Morgan fingerprint density at radius 1 is 1.45 bits per heavy atom. The van der Waals surface area contributed by atoms with Gasteiger partial charge in [-0.15, -0.1) is 0 Å². The first-order valence-electron chi connectivity index (χ1n) is 8.16. The van der Waals surface area contributed by atoms with Crippen LogP contribution in [0.3, 0.4) is 0 Å². The predicted molar refractivity (Wildman–Crippen MR) is 84.2 cm³/mol. The highest BCUT2D eigenvalue weighted by Gasteiger charge is 2.43. The number of hydrogen-bond donors (Lipinski definition) is 1. The molecule has 0 radical (unpaired) electrons. The summed E-state index contributed by atoms with van der Waals surface area (Å²) < 4.78 is 5.13. The lowest BCUT2D eigenvalue weighted by molar-refractivity contribution is -0.124. The fourth-order valence-electron chi connectivity index (χ4n) is 3.17. The molecule has 1 saturated carbocycles. The Labute approximate surface area is 133 Å². The number of rotatable bonds is 7. The van der Waals surface area contributed by atoms with E-state index in [1.165, 1.54) is 0 Å². The summed E-state index contributed by atoms with van der Waals surface area (Å²) in [6.07, 6.45) is 2.08. The monoisotopic (exact) mass is 308 g/mol. The summed E-state index contributed by atoms with van der Waals surface area (Å²) >= 11 is 0. The maximum absolute atomic E-state index is 12.2. The lowest BCUT2D eigenvalue weighted by atomic mass is 9.98. The normalized spacial score (nSPS) is 26.2. The van der Waals surface area contributed by atoms with Gasteiger partial charge in [0.1, 0.15) is 5.54 Å². The zero-order valence-corrected chi connectivity index (χ0v) is 14.0. The molecule has 1 aliphatic carbocycles. The van der Waals surface area contributed by atoms with Crippen LogP contribution in [0.1, 0.15) is 26.7 Å². The zero-order valence-electron chi connectivity index (χ0n) is 14.0. The van der Waals surface area contributed by atoms with Crippen molar-refractivity contribution in [2.45, 2.75) is 38.3 Å². The van der Waals surface area contributed by atoms with Crippen LogP contribution in [0.2, 0.25) is 0 Å². The molecule has 2 rings (SSSR count). The smallest absolute Gasteiger partial charge is 0.235 e. The Bertz CT molecular complexity index is 432. The minimum atomic E-state index is -0.691. The number of methoxy groups -OCH3 is 1. The summed E-state index contributed by atoms with van der Waals surface area (Å²) in [5.74, 6) is 0.291. The van der Waals surface area contributed by atoms with Gasteiger partial charge in [0.25, 0.3) is 0 Å². The molecule has 124 valence electrons. The Kier molecular flexibility index (Phi) is 5.79. The molecule has 1 aliphatic heterocycles. The Morgan fingerprint density at radius 3 is 2.73 bits per heavy atom. The highest BCUT2D eigenvalue weighted by molar-refractivity contribution is 5.79. The summed E-state index contributed by atoms with van der Waals surface area (Å²) in [5.41, 5.74) is -0.691. The van der Waals surface area contributed by atoms with Crippen molar-refractivity contribution in [2.75, 3.05) is 46.4 Å². The Morgan fingerprint density at radius 2 is 2.18 bits per heavy atom. The molecule has 6 nitrogen and oxygen atoms in total. The van der Waals surface area contributed by atoms with Gasteiger partial charge < -0.3 is 10.1 Å². The molecule has 22 heavy (non-hydrogen) atoms. The molecule has 2 atom stereocenters. The number of nitrogens with zero attached hydrogens (tertiary/aromatic N) is 3. The molecule has 1 heterocycles. The van der Waals surface area contributed by atoms with E-state index >= 15 is 0 Å². The molecule has 0 bridgehead atoms. The van der Waals surface area contributed by atoms with Crippen LogP contribution in [0.25, 0.3) is 0 Å². The molecule has 1 amide bonds. The number of nitriles is 1. The zero-order chi connectivity index (χ0) is 16.2. The second-order valence-corrected chi connectivity index (χ2v) is 6.75. The van der Waals surface area contributed by atoms with Crippen molar-refractivity contribution < 1.29 is 9.53 Å². The Hall–Kier alpha value is -1.16. The molecule has 1 N–H and O–H groups in total. The van der Waals surface area contributed by atoms with E-state index in [0.717, 1.165) is 45.6 Å². The number of carbonyl (C=O) groups is 1. The molecule has 0 aromatic carbocycles.